The average molecular weight is 498 g/mol. The number of para-hydroxylation sites is 2. The molecule has 0 amide bonds. The van der Waals surface area contributed by atoms with Crippen molar-refractivity contribution < 1.29 is 4.74 Å². The van der Waals surface area contributed by atoms with Crippen LogP contribution in [0.1, 0.15) is 0 Å². The fraction of sp³-hybridized carbons (Fsp3) is 0.286. The molecule has 2 aromatic heterocycles. The zero-order chi connectivity index (χ0) is 18.2. The number of imidazole rings is 2. The first-order valence-corrected chi connectivity index (χ1v) is 10.1. The number of aromatic nitrogens is 3. The summed E-state index contributed by atoms with van der Waals surface area (Å²) < 4.78 is 11.1. The summed E-state index contributed by atoms with van der Waals surface area (Å²) in [5, 5.41) is 0. The molecule has 0 atom stereocenters. The van der Waals surface area contributed by atoms with Crippen LogP contribution in [0.3, 0.4) is 0 Å². The molecule has 8 heteroatoms. The summed E-state index contributed by atoms with van der Waals surface area (Å²) in [7, 11) is 0. The Morgan fingerprint density at radius 3 is 2.31 bits per heavy atom. The van der Waals surface area contributed by atoms with Gasteiger partial charge in [-0.15, -0.1) is 24.8 Å². The van der Waals surface area contributed by atoms with Crippen molar-refractivity contribution in [1.29, 1.82) is 0 Å². The van der Waals surface area contributed by atoms with Crippen LogP contribution in [0.2, 0.25) is 0 Å². The van der Waals surface area contributed by atoms with Gasteiger partial charge in [-0.3, -0.25) is 9.30 Å². The summed E-state index contributed by atoms with van der Waals surface area (Å²) >= 11 is 3.50. The highest BCUT2D eigenvalue weighted by atomic mass is 79.9. The molecule has 1 aliphatic heterocycles. The van der Waals surface area contributed by atoms with Gasteiger partial charge in [-0.2, -0.15) is 0 Å². The Hall–Kier alpha value is -1.57. The van der Waals surface area contributed by atoms with Crippen LogP contribution in [0.4, 0.5) is 0 Å². The van der Waals surface area contributed by atoms with Crippen molar-refractivity contribution in [3.63, 3.8) is 0 Å². The monoisotopic (exact) mass is 496 g/mol. The van der Waals surface area contributed by atoms with E-state index in [4.69, 9.17) is 9.72 Å². The second-order valence-electron chi connectivity index (χ2n) is 6.90. The van der Waals surface area contributed by atoms with Crippen molar-refractivity contribution in [3.8, 4) is 11.3 Å². The van der Waals surface area contributed by atoms with Gasteiger partial charge in [-0.1, -0.05) is 40.2 Å². The van der Waals surface area contributed by atoms with E-state index in [0.717, 1.165) is 60.9 Å². The number of rotatable bonds is 4. The maximum Gasteiger partial charge on any atom is 0.215 e. The third kappa shape index (κ3) is 4.32. The Balaban J connectivity index is 0.00000120. The maximum absolute atomic E-state index is 5.47. The van der Waals surface area contributed by atoms with Gasteiger partial charge >= 0.3 is 0 Å². The van der Waals surface area contributed by atoms with Gasteiger partial charge in [0.15, 0.2) is 0 Å². The van der Waals surface area contributed by atoms with Gasteiger partial charge in [0.2, 0.25) is 5.78 Å². The number of hydrogen-bond donors (Lipinski definition) is 0. The summed E-state index contributed by atoms with van der Waals surface area (Å²) in [6.07, 6.45) is 2.14. The molecule has 0 radical (unpaired) electrons. The topological polar surface area (TPSA) is 34.7 Å². The largest absolute Gasteiger partial charge is 0.379 e. The number of nitrogens with zero attached hydrogens (tertiary/aromatic N) is 4. The number of benzene rings is 2. The molecule has 4 aromatic rings. The van der Waals surface area contributed by atoms with Crippen LogP contribution in [-0.4, -0.2) is 51.7 Å². The van der Waals surface area contributed by atoms with Crippen molar-refractivity contribution in [2.75, 3.05) is 32.8 Å². The summed E-state index contributed by atoms with van der Waals surface area (Å²) in [6, 6.07) is 16.9. The molecule has 1 saturated heterocycles. The number of fused-ring (bicyclic) bond motifs is 3. The van der Waals surface area contributed by atoms with E-state index in [-0.39, 0.29) is 24.8 Å². The zero-order valence-corrected chi connectivity index (χ0v) is 19.0. The Bertz CT molecular complexity index is 1090. The van der Waals surface area contributed by atoms with Crippen LogP contribution < -0.4 is 0 Å². The zero-order valence-electron chi connectivity index (χ0n) is 15.8. The van der Waals surface area contributed by atoms with E-state index in [2.05, 4.69) is 84.5 Å². The smallest absolute Gasteiger partial charge is 0.215 e. The van der Waals surface area contributed by atoms with Crippen molar-refractivity contribution >= 4 is 57.6 Å². The molecule has 1 fully saturated rings. The normalized spacial score (nSPS) is 14.7. The molecular weight excluding hydrogens is 475 g/mol. The lowest BCUT2D eigenvalue weighted by Gasteiger charge is -2.26. The van der Waals surface area contributed by atoms with Gasteiger partial charge in [-0.25, -0.2) is 4.98 Å². The third-order valence-corrected chi connectivity index (χ3v) is 5.77. The minimum Gasteiger partial charge on any atom is -0.379 e. The van der Waals surface area contributed by atoms with Crippen molar-refractivity contribution in [2.45, 2.75) is 6.54 Å². The SMILES string of the molecule is Brc1ccc(-c2cn3c4ccccc4n(CCN4CCOCC4)c3n2)cc1.Cl.Cl. The molecular formula is C21H23BrCl2N4O. The molecule has 5 rings (SSSR count). The first-order valence-electron chi connectivity index (χ1n) is 9.32. The maximum atomic E-state index is 5.47. The van der Waals surface area contributed by atoms with E-state index in [9.17, 15) is 0 Å². The minimum atomic E-state index is 0. The van der Waals surface area contributed by atoms with Crippen LogP contribution in [0, 0.1) is 0 Å². The molecule has 29 heavy (non-hydrogen) atoms. The first-order chi connectivity index (χ1) is 13.3. The average Bonchev–Trinajstić information content (AvgIpc) is 3.26. The molecule has 1 aliphatic rings. The molecule has 0 N–H and O–H groups in total. The highest BCUT2D eigenvalue weighted by molar-refractivity contribution is 9.10. The summed E-state index contributed by atoms with van der Waals surface area (Å²) in [5.41, 5.74) is 4.56. The molecule has 0 spiro atoms. The minimum absolute atomic E-state index is 0. The molecule has 0 saturated carbocycles. The van der Waals surface area contributed by atoms with Crippen LogP contribution in [0.5, 0.6) is 0 Å². The van der Waals surface area contributed by atoms with Gasteiger partial charge in [0.05, 0.1) is 29.9 Å². The van der Waals surface area contributed by atoms with E-state index in [1.807, 2.05) is 0 Å². The predicted octanol–water partition coefficient (Wildman–Crippen LogP) is 4.89. The Morgan fingerprint density at radius 2 is 1.59 bits per heavy atom. The second-order valence-corrected chi connectivity index (χ2v) is 7.81. The van der Waals surface area contributed by atoms with Crippen molar-refractivity contribution in [2.24, 2.45) is 0 Å². The Kier molecular flexibility index (Phi) is 7.24. The molecule has 154 valence electrons. The number of halogens is 3. The van der Waals surface area contributed by atoms with Crippen molar-refractivity contribution in [1.82, 2.24) is 18.9 Å². The number of hydrogen-bond acceptors (Lipinski definition) is 3. The molecule has 0 unspecified atom stereocenters. The summed E-state index contributed by atoms with van der Waals surface area (Å²) in [4.78, 5) is 7.45. The lowest BCUT2D eigenvalue weighted by atomic mass is 10.2. The van der Waals surface area contributed by atoms with Gasteiger partial charge in [0, 0.05) is 42.4 Å². The molecule has 0 bridgehead atoms. The van der Waals surface area contributed by atoms with E-state index < -0.39 is 0 Å². The second kappa shape index (κ2) is 9.49. The third-order valence-electron chi connectivity index (χ3n) is 5.24. The van der Waals surface area contributed by atoms with E-state index >= 15 is 0 Å². The molecule has 2 aromatic carbocycles. The van der Waals surface area contributed by atoms with Crippen LogP contribution >= 0.6 is 40.7 Å². The Labute approximate surface area is 190 Å². The first kappa shape index (κ1) is 22.1. The fourth-order valence-corrected chi connectivity index (χ4v) is 4.05. The van der Waals surface area contributed by atoms with Crippen LogP contribution in [0.15, 0.2) is 59.2 Å². The quantitative estimate of drug-likeness (QED) is 0.402. The Morgan fingerprint density at radius 1 is 0.897 bits per heavy atom. The fourth-order valence-electron chi connectivity index (χ4n) is 3.79. The van der Waals surface area contributed by atoms with E-state index in [1.54, 1.807) is 0 Å². The number of morpholine rings is 1. The lowest BCUT2D eigenvalue weighted by molar-refractivity contribution is 0.0366. The van der Waals surface area contributed by atoms with Gasteiger partial charge in [-0.05, 0) is 24.3 Å². The van der Waals surface area contributed by atoms with Gasteiger partial charge < -0.3 is 9.30 Å². The summed E-state index contributed by atoms with van der Waals surface area (Å²) in [6.45, 7) is 5.62. The van der Waals surface area contributed by atoms with E-state index in [1.165, 1.54) is 11.0 Å². The molecule has 3 heterocycles. The molecule has 5 nitrogen and oxygen atoms in total. The van der Waals surface area contributed by atoms with Crippen LogP contribution in [0.25, 0.3) is 28.1 Å². The lowest BCUT2D eigenvalue weighted by Crippen LogP contribution is -2.38. The summed E-state index contributed by atoms with van der Waals surface area (Å²) in [5.74, 6) is 1.00. The molecule has 0 aliphatic carbocycles. The van der Waals surface area contributed by atoms with Gasteiger partial charge in [0.25, 0.3) is 0 Å². The highest BCUT2D eigenvalue weighted by Gasteiger charge is 2.16. The van der Waals surface area contributed by atoms with Crippen LogP contribution in [-0.2, 0) is 11.3 Å². The van der Waals surface area contributed by atoms with E-state index in [0.29, 0.717) is 0 Å². The number of ether oxygens (including phenoxy) is 1. The van der Waals surface area contributed by atoms with Gasteiger partial charge in [0.1, 0.15) is 0 Å². The highest BCUT2D eigenvalue weighted by Crippen LogP contribution is 2.26. The van der Waals surface area contributed by atoms with Crippen molar-refractivity contribution in [3.05, 3.63) is 59.2 Å². The predicted molar refractivity (Wildman–Crippen MR) is 126 cm³/mol. The standard InChI is InChI=1S/C21H21BrN4O.2ClH/c22-17-7-5-16(6-8-17)18-15-26-20-4-2-1-3-19(20)25(21(26)23-18)10-9-24-11-13-27-14-12-24;;/h1-8,15H,9-14H2;2*1H.